The number of carbonyl (C=O) groups is 2. The number of amidine groups is 1. The summed E-state index contributed by atoms with van der Waals surface area (Å²) in [4.78, 5) is 28.3. The molecule has 1 heterocycles. The largest absolute Gasteiger partial charge is 0.490 e. The van der Waals surface area contributed by atoms with Crippen LogP contribution in [0.15, 0.2) is 50.8 Å². The first-order valence-corrected chi connectivity index (χ1v) is 10.7. The van der Waals surface area contributed by atoms with Gasteiger partial charge in [-0.05, 0) is 66.7 Å². The number of amides is 2. The Balaban J connectivity index is 1.85. The van der Waals surface area contributed by atoms with Gasteiger partial charge in [0.05, 0.1) is 28.8 Å². The maximum absolute atomic E-state index is 12.4. The molecule has 8 nitrogen and oxygen atoms in total. The van der Waals surface area contributed by atoms with Crippen molar-refractivity contribution >= 4 is 56.4 Å². The molecule has 1 fully saturated rings. The number of primary amides is 1. The molecule has 1 saturated heterocycles. The minimum atomic E-state index is -0.599. The summed E-state index contributed by atoms with van der Waals surface area (Å²) in [7, 11) is 0. The molecule has 1 aliphatic heterocycles. The normalized spacial score (nSPS) is 15.6. The van der Waals surface area contributed by atoms with Crippen LogP contribution >= 0.6 is 27.7 Å². The highest BCUT2D eigenvalue weighted by atomic mass is 79.9. The maximum atomic E-state index is 12.4. The Hall–Kier alpha value is -3.29. The van der Waals surface area contributed by atoms with Gasteiger partial charge in [0.2, 0.25) is 0 Å². The minimum Gasteiger partial charge on any atom is -0.490 e. The molecule has 2 aromatic rings. The van der Waals surface area contributed by atoms with E-state index in [1.165, 1.54) is 11.8 Å². The molecule has 0 bridgehead atoms. The van der Waals surface area contributed by atoms with E-state index in [2.05, 4.69) is 26.2 Å². The second-order valence-corrected chi connectivity index (χ2v) is 8.03. The van der Waals surface area contributed by atoms with Crippen molar-refractivity contribution in [2.45, 2.75) is 6.92 Å². The standard InChI is InChI=1S/C21H17BrN4O4S/c1-2-29-16-7-13(15(22)9-17(16)30-11-19(24)27)8-18-20(28)26-21(31-18)25-14-5-3-12(10-23)4-6-14/h3-9H,2,11H2,1H3,(H2,24,27)(H,25,26,28)/b18-8-. The zero-order chi connectivity index (χ0) is 22.4. The molecule has 31 heavy (non-hydrogen) atoms. The maximum Gasteiger partial charge on any atom is 0.264 e. The van der Waals surface area contributed by atoms with Crippen LogP contribution in [-0.2, 0) is 9.59 Å². The number of hydrogen-bond donors (Lipinski definition) is 2. The minimum absolute atomic E-state index is 0.277. The lowest BCUT2D eigenvalue weighted by atomic mass is 10.2. The number of nitrogens with two attached hydrogens (primary N) is 1. The van der Waals surface area contributed by atoms with E-state index in [-0.39, 0.29) is 12.5 Å². The smallest absolute Gasteiger partial charge is 0.264 e. The number of hydrogen-bond acceptors (Lipinski definition) is 7. The van der Waals surface area contributed by atoms with E-state index in [9.17, 15) is 9.59 Å². The first-order chi connectivity index (χ1) is 14.9. The Morgan fingerprint density at radius 1 is 1.29 bits per heavy atom. The molecule has 2 aromatic carbocycles. The van der Waals surface area contributed by atoms with E-state index in [0.29, 0.717) is 49.5 Å². The van der Waals surface area contributed by atoms with E-state index >= 15 is 0 Å². The predicted octanol–water partition coefficient (Wildman–Crippen LogP) is 3.48. The quantitative estimate of drug-likeness (QED) is 0.560. The van der Waals surface area contributed by atoms with Gasteiger partial charge in [0.25, 0.3) is 11.8 Å². The van der Waals surface area contributed by atoms with Crippen molar-refractivity contribution in [2.24, 2.45) is 10.7 Å². The van der Waals surface area contributed by atoms with Gasteiger partial charge in [0, 0.05) is 4.47 Å². The van der Waals surface area contributed by atoms with Gasteiger partial charge in [-0.3, -0.25) is 9.59 Å². The Bertz CT molecular complexity index is 1120. The zero-order valence-electron chi connectivity index (χ0n) is 16.3. The van der Waals surface area contributed by atoms with Crippen LogP contribution in [0, 0.1) is 11.3 Å². The molecule has 158 valence electrons. The highest BCUT2D eigenvalue weighted by Gasteiger charge is 2.24. The third-order valence-corrected chi connectivity index (χ3v) is 5.49. The number of ether oxygens (including phenoxy) is 2. The van der Waals surface area contributed by atoms with Gasteiger partial charge in [-0.2, -0.15) is 5.26 Å². The highest BCUT2D eigenvalue weighted by Crippen LogP contribution is 2.37. The fraction of sp³-hybridized carbons (Fsp3) is 0.143. The van der Waals surface area contributed by atoms with Crippen molar-refractivity contribution in [2.75, 3.05) is 13.2 Å². The molecule has 10 heteroatoms. The number of aliphatic imine (C=N–C) groups is 1. The third-order valence-electron chi connectivity index (χ3n) is 3.90. The summed E-state index contributed by atoms with van der Waals surface area (Å²) in [5, 5.41) is 12.0. The molecule has 2 amide bonds. The number of nitrogens with one attached hydrogen (secondary N) is 1. The van der Waals surface area contributed by atoms with E-state index < -0.39 is 5.91 Å². The third kappa shape index (κ3) is 5.87. The van der Waals surface area contributed by atoms with Crippen LogP contribution in [0.25, 0.3) is 6.08 Å². The summed E-state index contributed by atoms with van der Waals surface area (Å²) in [5.41, 5.74) is 6.98. The summed E-state index contributed by atoms with van der Waals surface area (Å²) in [6.45, 7) is 1.94. The van der Waals surface area contributed by atoms with Crippen molar-refractivity contribution in [3.05, 3.63) is 56.9 Å². The summed E-state index contributed by atoms with van der Waals surface area (Å²) >= 11 is 4.65. The van der Waals surface area contributed by atoms with Crippen LogP contribution in [0.5, 0.6) is 11.5 Å². The molecule has 0 spiro atoms. The fourth-order valence-corrected chi connectivity index (χ4v) is 3.81. The monoisotopic (exact) mass is 500 g/mol. The Morgan fingerprint density at radius 3 is 2.65 bits per heavy atom. The van der Waals surface area contributed by atoms with E-state index in [1.807, 2.05) is 13.0 Å². The number of nitrogens with zero attached hydrogens (tertiary/aromatic N) is 2. The topological polar surface area (TPSA) is 127 Å². The summed E-state index contributed by atoms with van der Waals surface area (Å²) in [5.74, 6) is -0.0934. The Labute approximate surface area is 191 Å². The molecule has 0 aromatic heterocycles. The van der Waals surface area contributed by atoms with Crippen LogP contribution in [0.3, 0.4) is 0 Å². The summed E-state index contributed by atoms with van der Waals surface area (Å²) in [6.07, 6.45) is 1.70. The molecule has 0 radical (unpaired) electrons. The number of nitriles is 1. The Morgan fingerprint density at radius 2 is 2.00 bits per heavy atom. The SMILES string of the molecule is CCOc1cc(/C=C2\SC(=Nc3ccc(C#N)cc3)NC2=O)c(Br)cc1OCC(N)=O. The second-order valence-electron chi connectivity index (χ2n) is 6.15. The molecule has 0 unspecified atom stereocenters. The first-order valence-electron chi connectivity index (χ1n) is 9.06. The van der Waals surface area contributed by atoms with Crippen molar-refractivity contribution in [3.8, 4) is 17.6 Å². The zero-order valence-corrected chi connectivity index (χ0v) is 18.7. The van der Waals surface area contributed by atoms with E-state index in [1.54, 1.807) is 42.5 Å². The molecular weight excluding hydrogens is 484 g/mol. The van der Waals surface area contributed by atoms with Crippen molar-refractivity contribution in [1.29, 1.82) is 5.26 Å². The van der Waals surface area contributed by atoms with E-state index in [0.717, 1.165) is 0 Å². The van der Waals surface area contributed by atoms with Gasteiger partial charge in [-0.25, -0.2) is 4.99 Å². The molecular formula is C21H17BrN4O4S. The first kappa shape index (κ1) is 22.4. The van der Waals surface area contributed by atoms with Gasteiger partial charge in [-0.15, -0.1) is 0 Å². The van der Waals surface area contributed by atoms with Crippen molar-refractivity contribution in [1.82, 2.24) is 5.32 Å². The molecule has 0 saturated carbocycles. The van der Waals surface area contributed by atoms with Gasteiger partial charge in [-0.1, -0.05) is 15.9 Å². The number of benzene rings is 2. The molecule has 3 N–H and O–H groups in total. The van der Waals surface area contributed by atoms with Crippen LogP contribution in [0.2, 0.25) is 0 Å². The van der Waals surface area contributed by atoms with Crippen LogP contribution in [0.1, 0.15) is 18.1 Å². The summed E-state index contributed by atoms with van der Waals surface area (Å²) < 4.78 is 11.6. The van der Waals surface area contributed by atoms with Gasteiger partial charge < -0.3 is 20.5 Å². The number of rotatable bonds is 7. The second kappa shape index (κ2) is 10.1. The van der Waals surface area contributed by atoms with Crippen LogP contribution in [0.4, 0.5) is 5.69 Å². The summed E-state index contributed by atoms with van der Waals surface area (Å²) in [6, 6.07) is 12.1. The number of thioether (sulfide) groups is 1. The molecule has 3 rings (SSSR count). The lowest BCUT2D eigenvalue weighted by molar-refractivity contribution is -0.120. The lowest BCUT2D eigenvalue weighted by Crippen LogP contribution is -2.20. The van der Waals surface area contributed by atoms with Crippen LogP contribution in [-0.4, -0.2) is 30.2 Å². The lowest BCUT2D eigenvalue weighted by Gasteiger charge is -2.13. The van der Waals surface area contributed by atoms with Gasteiger partial charge in [0.1, 0.15) is 0 Å². The fourth-order valence-electron chi connectivity index (χ4n) is 2.54. The van der Waals surface area contributed by atoms with Crippen molar-refractivity contribution < 1.29 is 19.1 Å². The molecule has 1 aliphatic rings. The highest BCUT2D eigenvalue weighted by molar-refractivity contribution is 9.10. The van der Waals surface area contributed by atoms with Gasteiger partial charge >= 0.3 is 0 Å². The van der Waals surface area contributed by atoms with E-state index in [4.69, 9.17) is 20.5 Å². The van der Waals surface area contributed by atoms with Crippen molar-refractivity contribution in [3.63, 3.8) is 0 Å². The average Bonchev–Trinajstić information content (AvgIpc) is 3.08. The molecule has 0 atom stereocenters. The predicted molar refractivity (Wildman–Crippen MR) is 122 cm³/mol. The number of carbonyl (C=O) groups excluding carboxylic acids is 2. The Kier molecular flexibility index (Phi) is 7.33. The number of halogens is 1. The van der Waals surface area contributed by atoms with Crippen LogP contribution < -0.4 is 20.5 Å². The molecule has 0 aliphatic carbocycles. The average molecular weight is 501 g/mol. The van der Waals surface area contributed by atoms with Gasteiger partial charge in [0.15, 0.2) is 23.3 Å².